The summed E-state index contributed by atoms with van der Waals surface area (Å²) < 4.78 is 12.6. The van der Waals surface area contributed by atoms with Crippen molar-refractivity contribution in [2.75, 3.05) is 26.2 Å². The summed E-state index contributed by atoms with van der Waals surface area (Å²) in [6.07, 6.45) is 11.1. The molecule has 3 rings (SSSR count). The lowest BCUT2D eigenvalue weighted by Gasteiger charge is -2.51. The van der Waals surface area contributed by atoms with Crippen molar-refractivity contribution in [3.8, 4) is 5.75 Å². The molecule has 0 bridgehead atoms. The maximum absolute atomic E-state index is 13.3. The second-order valence-corrected chi connectivity index (χ2v) is 11.3. The van der Waals surface area contributed by atoms with E-state index in [1.165, 1.54) is 32.1 Å². The fourth-order valence-corrected chi connectivity index (χ4v) is 5.73. The molecule has 2 saturated heterocycles. The van der Waals surface area contributed by atoms with E-state index in [4.69, 9.17) is 9.47 Å². The molecule has 2 unspecified atom stereocenters. The van der Waals surface area contributed by atoms with Crippen LogP contribution in [0, 0.1) is 6.92 Å². The van der Waals surface area contributed by atoms with Crippen molar-refractivity contribution in [1.29, 1.82) is 0 Å². The molecular weight excluding hydrogens is 436 g/mol. The standard InChI is InChI=1S/C30H50N2O3/c1-7-9-10-11-13-25(6)32-21-27(12-8-2)35-30(22-32)16-18-31(19-17-30)29(33)26-14-15-28(24(5)20-26)34-23(3)4/h14-15,20,23,25,27H,7-13,16-19,21-22H2,1-6H3. The van der Waals surface area contributed by atoms with Gasteiger partial charge in [0, 0.05) is 37.8 Å². The average molecular weight is 487 g/mol. The van der Waals surface area contributed by atoms with Gasteiger partial charge in [-0.15, -0.1) is 0 Å². The maximum atomic E-state index is 13.3. The minimum atomic E-state index is -0.114. The van der Waals surface area contributed by atoms with Crippen LogP contribution in [0.25, 0.3) is 0 Å². The molecular formula is C30H50N2O3. The van der Waals surface area contributed by atoms with E-state index in [1.807, 2.05) is 43.9 Å². The van der Waals surface area contributed by atoms with Crippen LogP contribution in [0.15, 0.2) is 18.2 Å². The van der Waals surface area contributed by atoms with Gasteiger partial charge in [-0.1, -0.05) is 46.0 Å². The van der Waals surface area contributed by atoms with Gasteiger partial charge in [-0.05, 0) is 77.1 Å². The summed E-state index contributed by atoms with van der Waals surface area (Å²) in [4.78, 5) is 18.0. The van der Waals surface area contributed by atoms with E-state index < -0.39 is 0 Å². The van der Waals surface area contributed by atoms with Crippen molar-refractivity contribution < 1.29 is 14.3 Å². The van der Waals surface area contributed by atoms with Crippen molar-refractivity contribution in [1.82, 2.24) is 9.80 Å². The number of ether oxygens (including phenoxy) is 2. The van der Waals surface area contributed by atoms with Crippen molar-refractivity contribution >= 4 is 5.91 Å². The Morgan fingerprint density at radius 2 is 1.86 bits per heavy atom. The summed E-state index contributed by atoms with van der Waals surface area (Å²) in [5, 5.41) is 0. The molecule has 1 amide bonds. The van der Waals surface area contributed by atoms with Crippen molar-refractivity contribution in [2.45, 2.75) is 123 Å². The van der Waals surface area contributed by atoms with Crippen molar-refractivity contribution in [3.05, 3.63) is 29.3 Å². The molecule has 0 N–H and O–H groups in total. The topological polar surface area (TPSA) is 42.0 Å². The number of rotatable bonds is 11. The number of piperidine rings is 1. The minimum Gasteiger partial charge on any atom is -0.491 e. The number of carbonyl (C=O) groups is 1. The van der Waals surface area contributed by atoms with Crippen LogP contribution in [-0.4, -0.2) is 65.7 Å². The van der Waals surface area contributed by atoms with E-state index in [0.29, 0.717) is 12.1 Å². The predicted molar refractivity (Wildman–Crippen MR) is 144 cm³/mol. The van der Waals surface area contributed by atoms with E-state index in [-0.39, 0.29) is 17.6 Å². The summed E-state index contributed by atoms with van der Waals surface area (Å²) in [6.45, 7) is 16.6. The number of hydrogen-bond donors (Lipinski definition) is 0. The van der Waals surface area contributed by atoms with Crippen LogP contribution in [0.1, 0.15) is 108 Å². The number of hydrogen-bond acceptors (Lipinski definition) is 4. The van der Waals surface area contributed by atoms with Gasteiger partial charge in [0.25, 0.3) is 5.91 Å². The van der Waals surface area contributed by atoms with E-state index in [0.717, 1.165) is 68.7 Å². The molecule has 0 saturated carbocycles. The van der Waals surface area contributed by atoms with E-state index in [9.17, 15) is 4.79 Å². The predicted octanol–water partition coefficient (Wildman–Crippen LogP) is 6.62. The van der Waals surface area contributed by atoms with Gasteiger partial charge in [0.15, 0.2) is 0 Å². The van der Waals surface area contributed by atoms with E-state index in [1.54, 1.807) is 0 Å². The van der Waals surface area contributed by atoms with Crippen LogP contribution >= 0.6 is 0 Å². The van der Waals surface area contributed by atoms with Crippen molar-refractivity contribution in [3.63, 3.8) is 0 Å². The Bertz CT molecular complexity index is 801. The third-order valence-electron chi connectivity index (χ3n) is 7.80. The molecule has 2 heterocycles. The molecule has 2 fully saturated rings. The number of nitrogens with zero attached hydrogens (tertiary/aromatic N) is 2. The Morgan fingerprint density at radius 1 is 1.11 bits per heavy atom. The van der Waals surface area contributed by atoms with Gasteiger partial charge < -0.3 is 14.4 Å². The SMILES string of the molecule is CCCCCCC(C)N1CC(CCC)OC2(CCN(C(=O)c3ccc(OC(C)C)c(C)c3)CC2)C1. The lowest BCUT2D eigenvalue weighted by atomic mass is 9.87. The smallest absolute Gasteiger partial charge is 0.253 e. The molecule has 5 nitrogen and oxygen atoms in total. The summed E-state index contributed by atoms with van der Waals surface area (Å²) in [6, 6.07) is 6.42. The maximum Gasteiger partial charge on any atom is 0.253 e. The van der Waals surface area contributed by atoms with Gasteiger partial charge in [0.2, 0.25) is 0 Å². The van der Waals surface area contributed by atoms with Gasteiger partial charge >= 0.3 is 0 Å². The average Bonchev–Trinajstić information content (AvgIpc) is 2.83. The zero-order valence-electron chi connectivity index (χ0n) is 23.3. The number of unbranched alkanes of at least 4 members (excludes halogenated alkanes) is 3. The quantitative estimate of drug-likeness (QED) is 0.330. The fraction of sp³-hybridized carbons (Fsp3) is 0.767. The van der Waals surface area contributed by atoms with Gasteiger partial charge in [-0.25, -0.2) is 0 Å². The fourth-order valence-electron chi connectivity index (χ4n) is 5.73. The van der Waals surface area contributed by atoms with Gasteiger partial charge in [-0.3, -0.25) is 9.69 Å². The Hall–Kier alpha value is -1.59. The molecule has 1 spiro atoms. The summed E-state index contributed by atoms with van der Waals surface area (Å²) in [5.74, 6) is 0.983. The highest BCUT2D eigenvalue weighted by atomic mass is 16.5. The van der Waals surface area contributed by atoms with Crippen LogP contribution in [-0.2, 0) is 4.74 Å². The number of benzene rings is 1. The molecule has 198 valence electrons. The normalized spacial score (nSPS) is 21.5. The van der Waals surface area contributed by atoms with Crippen LogP contribution in [0.4, 0.5) is 0 Å². The first-order chi connectivity index (χ1) is 16.8. The molecule has 5 heteroatoms. The molecule has 0 radical (unpaired) electrons. The first-order valence-corrected chi connectivity index (χ1v) is 14.3. The molecule has 2 atom stereocenters. The first kappa shape index (κ1) is 28.0. The highest BCUT2D eigenvalue weighted by molar-refractivity contribution is 5.94. The third-order valence-corrected chi connectivity index (χ3v) is 7.80. The number of amides is 1. The van der Waals surface area contributed by atoms with Crippen LogP contribution in [0.2, 0.25) is 0 Å². The highest BCUT2D eigenvalue weighted by Gasteiger charge is 2.44. The van der Waals surface area contributed by atoms with Crippen LogP contribution in [0.3, 0.4) is 0 Å². The highest BCUT2D eigenvalue weighted by Crippen LogP contribution is 2.35. The first-order valence-electron chi connectivity index (χ1n) is 14.3. The van der Waals surface area contributed by atoms with E-state index >= 15 is 0 Å². The Kier molecular flexibility index (Phi) is 10.5. The largest absolute Gasteiger partial charge is 0.491 e. The number of morpholine rings is 1. The van der Waals surface area contributed by atoms with E-state index in [2.05, 4.69) is 25.7 Å². The molecule has 1 aromatic rings. The lowest BCUT2D eigenvalue weighted by molar-refractivity contribution is -0.181. The molecule has 35 heavy (non-hydrogen) atoms. The van der Waals surface area contributed by atoms with Crippen LogP contribution in [0.5, 0.6) is 5.75 Å². The Morgan fingerprint density at radius 3 is 2.49 bits per heavy atom. The monoisotopic (exact) mass is 486 g/mol. The molecule has 0 aliphatic carbocycles. The summed E-state index contributed by atoms with van der Waals surface area (Å²) >= 11 is 0. The minimum absolute atomic E-state index is 0.114. The van der Waals surface area contributed by atoms with Crippen LogP contribution < -0.4 is 4.74 Å². The van der Waals surface area contributed by atoms with Gasteiger partial charge in [0.1, 0.15) is 5.75 Å². The second kappa shape index (κ2) is 13.1. The van der Waals surface area contributed by atoms with Crippen molar-refractivity contribution in [2.24, 2.45) is 0 Å². The molecule has 1 aromatic carbocycles. The third kappa shape index (κ3) is 7.69. The van der Waals surface area contributed by atoms with Gasteiger partial charge in [0.05, 0.1) is 17.8 Å². The molecule has 0 aromatic heterocycles. The number of carbonyl (C=O) groups excluding carboxylic acids is 1. The Balaban J connectivity index is 1.61. The second-order valence-electron chi connectivity index (χ2n) is 11.3. The molecule has 2 aliphatic heterocycles. The summed E-state index contributed by atoms with van der Waals surface area (Å²) in [5.41, 5.74) is 1.65. The van der Waals surface area contributed by atoms with Gasteiger partial charge in [-0.2, -0.15) is 0 Å². The number of aryl methyl sites for hydroxylation is 1. The summed E-state index contributed by atoms with van der Waals surface area (Å²) in [7, 11) is 0. The Labute approximate surface area is 214 Å². The number of likely N-dealkylation sites (tertiary alicyclic amines) is 1. The lowest BCUT2D eigenvalue weighted by Crippen LogP contribution is -2.61. The zero-order valence-corrected chi connectivity index (χ0v) is 23.3. The zero-order chi connectivity index (χ0) is 25.4. The molecule has 2 aliphatic rings.